The van der Waals surface area contributed by atoms with Crippen LogP contribution in [0.2, 0.25) is 0 Å². The first-order chi connectivity index (χ1) is 15.3. The van der Waals surface area contributed by atoms with Crippen molar-refractivity contribution in [3.63, 3.8) is 0 Å². The maximum absolute atomic E-state index is 13.4. The van der Waals surface area contributed by atoms with Gasteiger partial charge in [-0.1, -0.05) is 84.0 Å². The number of esters is 1. The molecule has 1 amide bonds. The summed E-state index contributed by atoms with van der Waals surface area (Å²) in [6.45, 7) is 12.5. The lowest BCUT2D eigenvalue weighted by Crippen LogP contribution is -2.38. The first-order valence-corrected chi connectivity index (χ1v) is 12.3. The number of nitrogens with zero attached hydrogens (tertiary/aromatic N) is 1. The molecule has 0 bridgehead atoms. The van der Waals surface area contributed by atoms with Gasteiger partial charge in [0.2, 0.25) is 5.91 Å². The molecule has 5 nitrogen and oxygen atoms in total. The van der Waals surface area contributed by atoms with Crippen molar-refractivity contribution in [2.75, 3.05) is 13.0 Å². The Bertz CT molecular complexity index is 986. The van der Waals surface area contributed by atoms with Crippen molar-refractivity contribution in [2.24, 2.45) is 0 Å². The number of rotatable bonds is 5. The van der Waals surface area contributed by atoms with Crippen LogP contribution in [0.25, 0.3) is 0 Å². The summed E-state index contributed by atoms with van der Waals surface area (Å²) in [5.41, 5.74) is 3.06. The Morgan fingerprint density at radius 1 is 1.09 bits per heavy atom. The number of benzene rings is 2. The maximum atomic E-state index is 13.4. The van der Waals surface area contributed by atoms with E-state index in [0.29, 0.717) is 18.0 Å². The van der Waals surface area contributed by atoms with Crippen LogP contribution >= 0.6 is 11.8 Å². The summed E-state index contributed by atoms with van der Waals surface area (Å²) < 4.78 is 5.03. The summed E-state index contributed by atoms with van der Waals surface area (Å²) in [6.07, 6.45) is 0.537. The molecule has 178 valence electrons. The molecule has 2 unspecified atom stereocenters. The van der Waals surface area contributed by atoms with E-state index in [-0.39, 0.29) is 22.0 Å². The zero-order chi connectivity index (χ0) is 24.6. The van der Waals surface area contributed by atoms with Gasteiger partial charge in [-0.25, -0.2) is 4.79 Å². The number of thioether (sulfide) groups is 1. The average molecular weight is 470 g/mol. The number of aromatic hydroxyl groups is 1. The molecule has 0 radical (unpaired) electrons. The van der Waals surface area contributed by atoms with Gasteiger partial charge >= 0.3 is 5.97 Å². The molecule has 3 rings (SSSR count). The minimum atomic E-state index is -0.753. The number of ether oxygens (including phenoxy) is 1. The van der Waals surface area contributed by atoms with Crippen LogP contribution < -0.4 is 0 Å². The molecule has 2 aromatic rings. The number of phenols is 1. The number of hydrogen-bond donors (Lipinski definition) is 1. The molecule has 1 aliphatic heterocycles. The molecule has 0 aromatic heterocycles. The SMILES string of the molecule is COC(=O)C(c1ccccc1)N1CSC(Cc2cc(C(C)(C)C)c(O)c(C(C)(C)C)c2)C1=O. The van der Waals surface area contributed by atoms with Crippen molar-refractivity contribution in [3.05, 3.63) is 64.7 Å². The number of carbonyl (C=O) groups is 2. The van der Waals surface area contributed by atoms with Crippen LogP contribution in [0.3, 0.4) is 0 Å². The molecule has 2 aromatic carbocycles. The van der Waals surface area contributed by atoms with Crippen LogP contribution in [0.15, 0.2) is 42.5 Å². The largest absolute Gasteiger partial charge is 0.507 e. The van der Waals surface area contributed by atoms with Gasteiger partial charge in [0.05, 0.1) is 18.2 Å². The van der Waals surface area contributed by atoms with E-state index >= 15 is 0 Å². The van der Waals surface area contributed by atoms with E-state index in [0.717, 1.165) is 22.3 Å². The van der Waals surface area contributed by atoms with Crippen molar-refractivity contribution in [2.45, 2.75) is 70.1 Å². The van der Waals surface area contributed by atoms with Crippen LogP contribution in [0.1, 0.15) is 69.8 Å². The molecular weight excluding hydrogens is 434 g/mol. The molecule has 1 fully saturated rings. The third kappa shape index (κ3) is 5.37. The van der Waals surface area contributed by atoms with Crippen molar-refractivity contribution in [1.29, 1.82) is 0 Å². The summed E-state index contributed by atoms with van der Waals surface area (Å²) in [6, 6.07) is 12.6. The second kappa shape index (κ2) is 9.41. The normalized spacial score (nSPS) is 17.8. The smallest absolute Gasteiger partial charge is 0.333 e. The first kappa shape index (κ1) is 25.2. The number of hydrogen-bond acceptors (Lipinski definition) is 5. The number of phenolic OH excluding ortho intramolecular Hbond substituents is 1. The third-order valence-corrected chi connectivity index (χ3v) is 7.23. The second-order valence-corrected chi connectivity index (χ2v) is 11.8. The van der Waals surface area contributed by atoms with Crippen LogP contribution in [-0.2, 0) is 31.6 Å². The maximum Gasteiger partial charge on any atom is 0.333 e. The van der Waals surface area contributed by atoms with Gasteiger partial charge in [0, 0.05) is 0 Å². The van der Waals surface area contributed by atoms with E-state index in [1.54, 1.807) is 16.7 Å². The Morgan fingerprint density at radius 3 is 2.12 bits per heavy atom. The molecule has 2 atom stereocenters. The number of methoxy groups -OCH3 is 1. The van der Waals surface area contributed by atoms with E-state index in [4.69, 9.17) is 4.74 Å². The predicted molar refractivity (Wildman–Crippen MR) is 134 cm³/mol. The fourth-order valence-corrected chi connectivity index (χ4v) is 5.40. The fourth-order valence-electron chi connectivity index (χ4n) is 4.20. The molecule has 0 aliphatic carbocycles. The van der Waals surface area contributed by atoms with Crippen LogP contribution in [0, 0.1) is 0 Å². The Kier molecular flexibility index (Phi) is 7.18. The standard InChI is InChI=1S/C27H35NO4S/c1-26(2,3)19-13-17(14-20(23(19)29)27(4,5)6)15-21-24(30)28(16-33-21)22(25(31)32-7)18-11-9-8-10-12-18/h8-14,21-22,29H,15-16H2,1-7H3. The van der Waals surface area contributed by atoms with Gasteiger partial charge in [0.1, 0.15) is 5.75 Å². The van der Waals surface area contributed by atoms with Crippen molar-refractivity contribution in [3.8, 4) is 5.75 Å². The van der Waals surface area contributed by atoms with Crippen molar-refractivity contribution < 1.29 is 19.4 Å². The van der Waals surface area contributed by atoms with Gasteiger partial charge in [-0.05, 0) is 39.5 Å². The highest BCUT2D eigenvalue weighted by atomic mass is 32.2. The third-order valence-electron chi connectivity index (χ3n) is 6.03. The molecule has 0 spiro atoms. The second-order valence-electron chi connectivity index (χ2n) is 10.7. The minimum absolute atomic E-state index is 0.0676. The van der Waals surface area contributed by atoms with Gasteiger partial charge in [0.15, 0.2) is 6.04 Å². The van der Waals surface area contributed by atoms with E-state index in [2.05, 4.69) is 41.5 Å². The molecule has 6 heteroatoms. The van der Waals surface area contributed by atoms with Crippen LogP contribution in [0.4, 0.5) is 0 Å². The van der Waals surface area contributed by atoms with Crippen LogP contribution in [0.5, 0.6) is 5.75 Å². The summed E-state index contributed by atoms with van der Waals surface area (Å²) in [5, 5.41) is 10.7. The number of carbonyl (C=O) groups excluding carboxylic acids is 2. The van der Waals surface area contributed by atoms with E-state index < -0.39 is 12.0 Å². The van der Waals surface area contributed by atoms with E-state index in [1.165, 1.54) is 7.11 Å². The Balaban J connectivity index is 1.92. The highest BCUT2D eigenvalue weighted by molar-refractivity contribution is 8.01. The van der Waals surface area contributed by atoms with Gasteiger partial charge in [-0.15, -0.1) is 11.8 Å². The zero-order valence-electron chi connectivity index (χ0n) is 20.6. The number of amides is 1. The van der Waals surface area contributed by atoms with E-state index in [1.807, 2.05) is 42.5 Å². The molecule has 0 saturated carbocycles. The van der Waals surface area contributed by atoms with Crippen LogP contribution in [-0.4, -0.2) is 40.1 Å². The molecular formula is C27H35NO4S. The minimum Gasteiger partial charge on any atom is -0.507 e. The van der Waals surface area contributed by atoms with Gasteiger partial charge in [0.25, 0.3) is 0 Å². The fraction of sp³-hybridized carbons (Fsp3) is 0.481. The molecule has 1 heterocycles. The molecule has 1 saturated heterocycles. The van der Waals surface area contributed by atoms with E-state index in [9.17, 15) is 14.7 Å². The quantitative estimate of drug-likeness (QED) is 0.598. The van der Waals surface area contributed by atoms with Gasteiger partial charge in [-0.3, -0.25) is 4.79 Å². The topological polar surface area (TPSA) is 66.8 Å². The Hall–Kier alpha value is -2.47. The summed E-state index contributed by atoms with van der Waals surface area (Å²) >= 11 is 1.54. The monoisotopic (exact) mass is 469 g/mol. The Labute approximate surface area is 201 Å². The Morgan fingerprint density at radius 2 is 1.64 bits per heavy atom. The molecule has 33 heavy (non-hydrogen) atoms. The highest BCUT2D eigenvalue weighted by Gasteiger charge is 2.41. The zero-order valence-corrected chi connectivity index (χ0v) is 21.5. The van der Waals surface area contributed by atoms with Crippen molar-refractivity contribution >= 4 is 23.6 Å². The first-order valence-electron chi connectivity index (χ1n) is 11.3. The van der Waals surface area contributed by atoms with Crippen molar-refractivity contribution in [1.82, 2.24) is 4.90 Å². The lowest BCUT2D eigenvalue weighted by atomic mass is 9.78. The highest BCUT2D eigenvalue weighted by Crippen LogP contribution is 2.41. The lowest BCUT2D eigenvalue weighted by Gasteiger charge is -2.28. The predicted octanol–water partition coefficient (Wildman–Crippen LogP) is 5.35. The summed E-state index contributed by atoms with van der Waals surface area (Å²) in [7, 11) is 1.35. The lowest BCUT2D eigenvalue weighted by molar-refractivity contribution is -0.151. The van der Waals surface area contributed by atoms with Gasteiger partial charge in [-0.2, -0.15) is 0 Å². The average Bonchev–Trinajstić information content (AvgIpc) is 3.08. The summed E-state index contributed by atoms with van der Waals surface area (Å²) in [5.74, 6) is 0.252. The summed E-state index contributed by atoms with van der Waals surface area (Å²) in [4.78, 5) is 27.6. The molecule has 1 N–H and O–H groups in total. The van der Waals surface area contributed by atoms with Gasteiger partial charge < -0.3 is 14.7 Å². The molecule has 1 aliphatic rings.